The second kappa shape index (κ2) is 8.42. The van der Waals surface area contributed by atoms with Crippen LogP contribution >= 0.6 is 0 Å². The van der Waals surface area contributed by atoms with Gasteiger partial charge in [-0.2, -0.15) is 0 Å². The van der Waals surface area contributed by atoms with Gasteiger partial charge < -0.3 is 20.4 Å². The molecule has 1 unspecified atom stereocenters. The molecule has 2 aromatic heterocycles. The van der Waals surface area contributed by atoms with Gasteiger partial charge in [0, 0.05) is 55.2 Å². The van der Waals surface area contributed by atoms with E-state index in [4.69, 9.17) is 0 Å². The highest BCUT2D eigenvalue weighted by atomic mass is 16.4. The maximum Gasteiger partial charge on any atom is 0.303 e. The summed E-state index contributed by atoms with van der Waals surface area (Å²) in [7, 11) is 0. The number of rotatable bonds is 7. The van der Waals surface area contributed by atoms with E-state index in [1.807, 2.05) is 19.1 Å². The van der Waals surface area contributed by atoms with Crippen LogP contribution < -0.4 is 10.2 Å². The molecule has 1 aliphatic carbocycles. The van der Waals surface area contributed by atoms with Crippen molar-refractivity contribution in [3.63, 3.8) is 0 Å². The summed E-state index contributed by atoms with van der Waals surface area (Å²) in [6.07, 6.45) is 7.76. The standard InChI is InChI=1S/C23H30N4O4/c1-16-10-19(17-13-24-8-4-18(17)26-16)27-9-7-23(31,15-27)14-25-20(28)11-22(12-21(29)30)5-2-3-6-22/h4,8,10,13,31H,2-3,5-7,9,11-12,14-15H2,1H3,(H,25,28)(H,29,30). The summed E-state index contributed by atoms with van der Waals surface area (Å²) in [4.78, 5) is 34.8. The molecule has 0 radical (unpaired) electrons. The van der Waals surface area contributed by atoms with Crippen LogP contribution in [0.3, 0.4) is 0 Å². The van der Waals surface area contributed by atoms with Crippen molar-refractivity contribution in [2.75, 3.05) is 24.5 Å². The number of carboxylic acids is 1. The zero-order valence-electron chi connectivity index (χ0n) is 17.9. The number of amides is 1. The van der Waals surface area contributed by atoms with Gasteiger partial charge in [0.1, 0.15) is 5.60 Å². The molecule has 1 saturated heterocycles. The summed E-state index contributed by atoms with van der Waals surface area (Å²) in [5.41, 5.74) is 1.29. The minimum absolute atomic E-state index is 0.0287. The molecule has 1 atom stereocenters. The summed E-state index contributed by atoms with van der Waals surface area (Å²) in [6, 6.07) is 3.88. The van der Waals surface area contributed by atoms with Gasteiger partial charge in [-0.1, -0.05) is 12.8 Å². The van der Waals surface area contributed by atoms with Crippen LogP contribution in [0.15, 0.2) is 24.5 Å². The molecule has 2 aromatic rings. The molecule has 0 aromatic carbocycles. The average Bonchev–Trinajstić information content (AvgIpc) is 3.32. The van der Waals surface area contributed by atoms with E-state index in [0.29, 0.717) is 19.5 Å². The third-order valence-electron chi connectivity index (χ3n) is 6.73. The number of aliphatic hydroxyl groups is 1. The van der Waals surface area contributed by atoms with Gasteiger partial charge in [-0.25, -0.2) is 0 Å². The maximum absolute atomic E-state index is 12.6. The Bertz CT molecular complexity index is 989. The number of nitrogens with one attached hydrogen (secondary N) is 1. The summed E-state index contributed by atoms with van der Waals surface area (Å²) in [5, 5.41) is 24.2. The van der Waals surface area contributed by atoms with Gasteiger partial charge in [-0.05, 0) is 43.7 Å². The second-order valence-electron chi connectivity index (χ2n) is 9.30. The third kappa shape index (κ3) is 4.79. The smallest absolute Gasteiger partial charge is 0.303 e. The molecule has 166 valence electrons. The van der Waals surface area contributed by atoms with E-state index in [-0.39, 0.29) is 25.3 Å². The Labute approximate surface area is 181 Å². The van der Waals surface area contributed by atoms with Gasteiger partial charge in [0.15, 0.2) is 0 Å². The van der Waals surface area contributed by atoms with Crippen LogP contribution in [0.2, 0.25) is 0 Å². The van der Waals surface area contributed by atoms with Crippen LogP contribution in [0.4, 0.5) is 5.69 Å². The van der Waals surface area contributed by atoms with Crippen molar-refractivity contribution in [3.8, 4) is 0 Å². The number of carbonyl (C=O) groups is 2. The lowest BCUT2D eigenvalue weighted by molar-refractivity contribution is -0.140. The monoisotopic (exact) mass is 426 g/mol. The fourth-order valence-electron chi connectivity index (χ4n) is 5.18. The van der Waals surface area contributed by atoms with Crippen molar-refractivity contribution in [2.45, 2.75) is 57.5 Å². The SMILES string of the molecule is Cc1cc(N2CCC(O)(CNC(=O)CC3(CC(=O)O)CCCC3)C2)c2cnccc2n1. The first-order valence-electron chi connectivity index (χ1n) is 10.9. The topological polar surface area (TPSA) is 116 Å². The Morgan fingerprint density at radius 3 is 2.74 bits per heavy atom. The quantitative estimate of drug-likeness (QED) is 0.623. The molecule has 31 heavy (non-hydrogen) atoms. The molecule has 1 saturated carbocycles. The molecule has 1 aliphatic heterocycles. The van der Waals surface area contributed by atoms with E-state index in [1.165, 1.54) is 0 Å². The van der Waals surface area contributed by atoms with Crippen molar-refractivity contribution in [2.24, 2.45) is 5.41 Å². The Hall–Kier alpha value is -2.74. The zero-order chi connectivity index (χ0) is 22.1. The number of nitrogens with zero attached hydrogens (tertiary/aromatic N) is 3. The van der Waals surface area contributed by atoms with Gasteiger partial charge in [-0.15, -0.1) is 0 Å². The normalized spacial score (nSPS) is 22.7. The van der Waals surface area contributed by atoms with Crippen LogP contribution in [0, 0.1) is 12.3 Å². The van der Waals surface area contributed by atoms with E-state index >= 15 is 0 Å². The Morgan fingerprint density at radius 1 is 1.23 bits per heavy atom. The maximum atomic E-state index is 12.6. The van der Waals surface area contributed by atoms with Crippen LogP contribution in [0.25, 0.3) is 10.9 Å². The number of hydrogen-bond donors (Lipinski definition) is 3. The number of fused-ring (bicyclic) bond motifs is 1. The van der Waals surface area contributed by atoms with E-state index in [2.05, 4.69) is 20.2 Å². The molecule has 3 heterocycles. The summed E-state index contributed by atoms with van der Waals surface area (Å²) in [5.74, 6) is -1.03. The third-order valence-corrected chi connectivity index (χ3v) is 6.73. The second-order valence-corrected chi connectivity index (χ2v) is 9.30. The van der Waals surface area contributed by atoms with Crippen LogP contribution in [-0.4, -0.2) is 57.3 Å². The largest absolute Gasteiger partial charge is 0.481 e. The molecule has 1 amide bonds. The van der Waals surface area contributed by atoms with Crippen molar-refractivity contribution in [1.29, 1.82) is 0 Å². The summed E-state index contributed by atoms with van der Waals surface area (Å²) >= 11 is 0. The van der Waals surface area contributed by atoms with Gasteiger partial charge in [0.25, 0.3) is 0 Å². The lowest BCUT2D eigenvalue weighted by Crippen LogP contribution is -2.46. The number of aliphatic carboxylic acids is 1. The fraction of sp³-hybridized carbons (Fsp3) is 0.565. The van der Waals surface area contributed by atoms with E-state index < -0.39 is 17.0 Å². The van der Waals surface area contributed by atoms with Gasteiger partial charge in [0.2, 0.25) is 5.91 Å². The van der Waals surface area contributed by atoms with Crippen molar-refractivity contribution in [1.82, 2.24) is 15.3 Å². The van der Waals surface area contributed by atoms with Gasteiger partial charge >= 0.3 is 5.97 Å². The molecule has 4 rings (SSSR count). The lowest BCUT2D eigenvalue weighted by Gasteiger charge is -2.28. The number of pyridine rings is 2. The molecule has 8 nitrogen and oxygen atoms in total. The highest BCUT2D eigenvalue weighted by Crippen LogP contribution is 2.44. The minimum atomic E-state index is -1.03. The lowest BCUT2D eigenvalue weighted by atomic mass is 9.79. The first kappa shape index (κ1) is 21.5. The molecular weight excluding hydrogens is 396 g/mol. The van der Waals surface area contributed by atoms with Crippen LogP contribution in [0.1, 0.15) is 50.6 Å². The number of aryl methyl sites for hydroxylation is 1. The predicted molar refractivity (Wildman–Crippen MR) is 117 cm³/mol. The highest BCUT2D eigenvalue weighted by Gasteiger charge is 2.40. The summed E-state index contributed by atoms with van der Waals surface area (Å²) < 4.78 is 0. The minimum Gasteiger partial charge on any atom is -0.481 e. The summed E-state index contributed by atoms with van der Waals surface area (Å²) in [6.45, 7) is 3.18. The predicted octanol–water partition coefficient (Wildman–Crippen LogP) is 2.42. The molecular formula is C23H30N4O4. The Morgan fingerprint density at radius 2 is 2.00 bits per heavy atom. The first-order chi connectivity index (χ1) is 14.8. The number of carboxylic acid groups (broad SMARTS) is 1. The van der Waals surface area contributed by atoms with Gasteiger partial charge in [0.05, 0.1) is 11.9 Å². The number of aromatic nitrogens is 2. The molecule has 0 spiro atoms. The molecule has 2 fully saturated rings. The van der Waals surface area contributed by atoms with Crippen LogP contribution in [-0.2, 0) is 9.59 Å². The highest BCUT2D eigenvalue weighted by molar-refractivity contribution is 5.91. The van der Waals surface area contributed by atoms with E-state index in [9.17, 15) is 19.8 Å². The molecule has 3 N–H and O–H groups in total. The van der Waals surface area contributed by atoms with Crippen molar-refractivity contribution in [3.05, 3.63) is 30.2 Å². The Kier molecular flexibility index (Phi) is 5.83. The number of carbonyl (C=O) groups excluding carboxylic acids is 1. The number of β-amino-alcohol motifs (C(OH)–C–C–N with tert-alkyl or cyclic N) is 1. The van der Waals surface area contributed by atoms with Crippen LogP contribution in [0.5, 0.6) is 0 Å². The average molecular weight is 427 g/mol. The van der Waals surface area contributed by atoms with E-state index in [1.54, 1.807) is 12.4 Å². The fourth-order valence-corrected chi connectivity index (χ4v) is 5.18. The van der Waals surface area contributed by atoms with Crippen molar-refractivity contribution < 1.29 is 19.8 Å². The van der Waals surface area contributed by atoms with Gasteiger partial charge in [-0.3, -0.25) is 19.6 Å². The molecule has 8 heteroatoms. The van der Waals surface area contributed by atoms with Crippen molar-refractivity contribution >= 4 is 28.5 Å². The molecule has 2 aliphatic rings. The Balaban J connectivity index is 1.40. The first-order valence-corrected chi connectivity index (χ1v) is 10.9. The number of anilines is 1. The molecule has 0 bridgehead atoms. The number of hydrogen-bond acceptors (Lipinski definition) is 6. The zero-order valence-corrected chi connectivity index (χ0v) is 17.9. The van der Waals surface area contributed by atoms with E-state index in [0.717, 1.165) is 48.0 Å².